The van der Waals surface area contributed by atoms with Gasteiger partial charge in [-0.25, -0.2) is 14.2 Å². The Kier molecular flexibility index (Phi) is 2.76. The molecule has 96 valence electrons. The van der Waals surface area contributed by atoms with Crippen LogP contribution < -0.4 is 4.90 Å². The number of alkyl halides is 2. The van der Waals surface area contributed by atoms with Crippen LogP contribution in [0.25, 0.3) is 0 Å². The van der Waals surface area contributed by atoms with E-state index in [1.54, 1.807) is 0 Å². The van der Waals surface area contributed by atoms with Gasteiger partial charge in [0, 0.05) is 13.2 Å². The Bertz CT molecular complexity index is 543. The largest absolute Gasteiger partial charge is 0.464 e. The number of anilines is 1. The van der Waals surface area contributed by atoms with Crippen molar-refractivity contribution in [2.75, 3.05) is 19.1 Å². The maximum Gasteiger partial charge on any atom is 0.357 e. The molecule has 0 bridgehead atoms. The second kappa shape index (κ2) is 4.01. The Morgan fingerprint density at radius 3 is 2.78 bits per heavy atom. The fourth-order valence-electron chi connectivity index (χ4n) is 1.75. The van der Waals surface area contributed by atoms with Crippen molar-refractivity contribution in [1.29, 1.82) is 0 Å². The Morgan fingerprint density at radius 1 is 1.50 bits per heavy atom. The van der Waals surface area contributed by atoms with Crippen molar-refractivity contribution >= 4 is 11.8 Å². The number of nitrogens with zero attached hydrogens (tertiary/aromatic N) is 2. The zero-order valence-electron chi connectivity index (χ0n) is 9.58. The lowest BCUT2D eigenvalue weighted by molar-refractivity contribution is -0.136. The van der Waals surface area contributed by atoms with Crippen molar-refractivity contribution in [1.82, 2.24) is 4.98 Å². The molecular weight excluding hydrogens is 249 g/mol. The van der Waals surface area contributed by atoms with Gasteiger partial charge in [-0.3, -0.25) is 0 Å². The molecule has 7 heteroatoms. The Hall–Kier alpha value is -2.05. The predicted molar refractivity (Wildman–Crippen MR) is 56.7 cm³/mol. The van der Waals surface area contributed by atoms with Gasteiger partial charge in [0.25, 0.3) is 0 Å². The highest BCUT2D eigenvalue weighted by molar-refractivity contribution is 5.94. The quantitative estimate of drug-likeness (QED) is 0.722. The Balaban J connectivity index is 2.69. The average molecular weight is 258 g/mol. The molecule has 18 heavy (non-hydrogen) atoms. The summed E-state index contributed by atoms with van der Waals surface area (Å²) in [4.78, 5) is 16.0. The molecule has 0 N–H and O–H groups in total. The normalized spacial score (nSPS) is 17.5. The first-order valence-corrected chi connectivity index (χ1v) is 4.97. The molecule has 0 spiro atoms. The van der Waals surface area contributed by atoms with Crippen LogP contribution in [0.4, 0.5) is 19.0 Å². The van der Waals surface area contributed by atoms with E-state index in [-0.39, 0.29) is 5.82 Å². The van der Waals surface area contributed by atoms with Gasteiger partial charge in [-0.2, -0.15) is 8.78 Å². The molecule has 0 saturated heterocycles. The van der Waals surface area contributed by atoms with Gasteiger partial charge in [0.15, 0.2) is 5.70 Å². The van der Waals surface area contributed by atoms with Crippen LogP contribution in [0, 0.1) is 0 Å². The summed E-state index contributed by atoms with van der Waals surface area (Å²) in [5, 5.41) is 0. The van der Waals surface area contributed by atoms with Gasteiger partial charge in [0.1, 0.15) is 5.82 Å². The molecule has 0 radical (unpaired) electrons. The molecule has 0 saturated carbocycles. The number of carbonyl (C=O) groups excluding carboxylic acids is 1. The van der Waals surface area contributed by atoms with Crippen LogP contribution in [0.15, 0.2) is 29.9 Å². The Labute approximate surface area is 101 Å². The van der Waals surface area contributed by atoms with Crippen molar-refractivity contribution in [3.8, 4) is 0 Å². The van der Waals surface area contributed by atoms with Crippen LogP contribution in [0.1, 0.15) is 5.56 Å². The number of esters is 1. The minimum atomic E-state index is -3.89. The number of halogens is 3. The third-order valence-corrected chi connectivity index (χ3v) is 2.64. The molecule has 0 aromatic carbocycles. The standard InChI is InChI=1S/C11H9F3N2O2/c1-16-7(10(17)18-2)8(12)11(13,14)6-4-3-5-15-9(6)16/h3-5H,1-2H3. The molecule has 4 nitrogen and oxygen atoms in total. The fourth-order valence-corrected chi connectivity index (χ4v) is 1.75. The van der Waals surface area contributed by atoms with Gasteiger partial charge in [-0.15, -0.1) is 0 Å². The number of carbonyl (C=O) groups is 1. The summed E-state index contributed by atoms with van der Waals surface area (Å²) in [6.07, 6.45) is 1.28. The van der Waals surface area contributed by atoms with Crippen molar-refractivity contribution < 1.29 is 22.7 Å². The molecule has 0 aliphatic carbocycles. The van der Waals surface area contributed by atoms with E-state index in [4.69, 9.17) is 0 Å². The molecule has 0 amide bonds. The Morgan fingerprint density at radius 2 is 2.17 bits per heavy atom. The number of likely N-dealkylation sites (N-methyl/N-ethyl adjacent to an activating group) is 1. The van der Waals surface area contributed by atoms with Crippen LogP contribution in [0.5, 0.6) is 0 Å². The number of rotatable bonds is 1. The third-order valence-electron chi connectivity index (χ3n) is 2.64. The van der Waals surface area contributed by atoms with Gasteiger partial charge in [0.2, 0.25) is 5.83 Å². The van der Waals surface area contributed by atoms with E-state index >= 15 is 0 Å². The molecule has 1 aliphatic heterocycles. The second-order valence-corrected chi connectivity index (χ2v) is 3.66. The summed E-state index contributed by atoms with van der Waals surface area (Å²) in [5.41, 5.74) is -1.42. The van der Waals surface area contributed by atoms with Crippen molar-refractivity contribution in [2.24, 2.45) is 0 Å². The van der Waals surface area contributed by atoms with Crippen LogP contribution in [0.2, 0.25) is 0 Å². The van der Waals surface area contributed by atoms with Gasteiger partial charge in [-0.1, -0.05) is 0 Å². The summed E-state index contributed by atoms with van der Waals surface area (Å²) >= 11 is 0. The van der Waals surface area contributed by atoms with Crippen LogP contribution in [-0.4, -0.2) is 25.1 Å². The number of hydrogen-bond acceptors (Lipinski definition) is 4. The van der Waals surface area contributed by atoms with Gasteiger partial charge in [-0.05, 0) is 12.1 Å². The summed E-state index contributed by atoms with van der Waals surface area (Å²) in [6.45, 7) is 0. The minimum Gasteiger partial charge on any atom is -0.464 e. The number of fused-ring (bicyclic) bond motifs is 1. The van der Waals surface area contributed by atoms with E-state index < -0.39 is 29.0 Å². The van der Waals surface area contributed by atoms with Gasteiger partial charge in [0.05, 0.1) is 12.7 Å². The SMILES string of the molecule is COC(=O)C1=C(F)C(F)(F)c2cccnc2N1C. The highest BCUT2D eigenvalue weighted by atomic mass is 19.3. The summed E-state index contributed by atoms with van der Waals surface area (Å²) in [7, 11) is 2.26. The van der Waals surface area contributed by atoms with E-state index in [9.17, 15) is 18.0 Å². The molecule has 0 atom stereocenters. The maximum absolute atomic E-state index is 13.8. The van der Waals surface area contributed by atoms with Crippen LogP contribution in [0.3, 0.4) is 0 Å². The maximum atomic E-state index is 13.8. The average Bonchev–Trinajstić information content (AvgIpc) is 2.37. The van der Waals surface area contributed by atoms with Crippen molar-refractivity contribution in [3.05, 3.63) is 35.4 Å². The lowest BCUT2D eigenvalue weighted by atomic mass is 10.0. The molecule has 0 fully saturated rings. The minimum absolute atomic E-state index is 0.177. The third kappa shape index (κ3) is 1.54. The van der Waals surface area contributed by atoms with Gasteiger partial charge >= 0.3 is 11.9 Å². The monoisotopic (exact) mass is 258 g/mol. The number of aromatic nitrogens is 1. The molecule has 1 aromatic heterocycles. The first-order chi connectivity index (χ1) is 8.41. The van der Waals surface area contributed by atoms with E-state index in [0.29, 0.717) is 0 Å². The molecule has 1 aliphatic rings. The lowest BCUT2D eigenvalue weighted by Gasteiger charge is -2.31. The van der Waals surface area contributed by atoms with E-state index in [1.807, 2.05) is 0 Å². The first-order valence-electron chi connectivity index (χ1n) is 4.97. The number of ether oxygens (including phenoxy) is 1. The highest BCUT2D eigenvalue weighted by Crippen LogP contribution is 2.46. The van der Waals surface area contributed by atoms with E-state index in [1.165, 1.54) is 19.3 Å². The highest BCUT2D eigenvalue weighted by Gasteiger charge is 2.49. The smallest absolute Gasteiger partial charge is 0.357 e. The lowest BCUT2D eigenvalue weighted by Crippen LogP contribution is -2.36. The number of hydrogen-bond donors (Lipinski definition) is 0. The van der Waals surface area contributed by atoms with Crippen molar-refractivity contribution in [2.45, 2.75) is 5.92 Å². The van der Waals surface area contributed by atoms with Crippen LogP contribution >= 0.6 is 0 Å². The van der Waals surface area contributed by atoms with Crippen LogP contribution in [-0.2, 0) is 15.5 Å². The number of pyridine rings is 1. The number of methoxy groups -OCH3 is 1. The molecular formula is C11H9F3N2O2. The van der Waals surface area contributed by atoms with Crippen molar-refractivity contribution in [3.63, 3.8) is 0 Å². The molecule has 0 unspecified atom stereocenters. The number of allylic oxidation sites excluding steroid dienone is 1. The second-order valence-electron chi connectivity index (χ2n) is 3.66. The summed E-state index contributed by atoms with van der Waals surface area (Å²) in [5.74, 6) is -7.08. The summed E-state index contributed by atoms with van der Waals surface area (Å²) < 4.78 is 45.7. The molecule has 2 heterocycles. The first kappa shape index (κ1) is 12.4. The fraction of sp³-hybridized carbons (Fsp3) is 0.273. The topological polar surface area (TPSA) is 42.4 Å². The van der Waals surface area contributed by atoms with E-state index in [2.05, 4.69) is 9.72 Å². The summed E-state index contributed by atoms with van der Waals surface area (Å²) in [6, 6.07) is 2.34. The predicted octanol–water partition coefficient (Wildman–Crippen LogP) is 1.98. The molecule has 1 aromatic rings. The zero-order chi connectivity index (χ0) is 13.5. The zero-order valence-corrected chi connectivity index (χ0v) is 9.58. The van der Waals surface area contributed by atoms with Gasteiger partial charge < -0.3 is 9.64 Å². The molecule has 2 rings (SSSR count). The van der Waals surface area contributed by atoms with E-state index in [0.717, 1.165) is 18.1 Å².